The van der Waals surface area contributed by atoms with Gasteiger partial charge in [0.15, 0.2) is 0 Å². The van der Waals surface area contributed by atoms with Gasteiger partial charge in [-0.1, -0.05) is 18.2 Å². The van der Waals surface area contributed by atoms with Crippen LogP contribution < -0.4 is 10.1 Å². The second-order valence-electron chi connectivity index (χ2n) is 4.14. The Bertz CT molecular complexity index is 591. The van der Waals surface area contributed by atoms with Gasteiger partial charge in [0.05, 0.1) is 13.5 Å². The Morgan fingerprint density at radius 3 is 2.65 bits per heavy atom. The lowest BCUT2D eigenvalue weighted by Gasteiger charge is -2.08. The smallest absolute Gasteiger partial charge is 0.310 e. The number of esters is 1. The second-order valence-corrected chi connectivity index (χ2v) is 4.14. The lowest BCUT2D eigenvalue weighted by molar-refractivity contribution is -0.144. The lowest BCUT2D eigenvalue weighted by atomic mass is 10.2. The van der Waals surface area contributed by atoms with E-state index in [9.17, 15) is 14.4 Å². The first-order valence-electron chi connectivity index (χ1n) is 5.93. The molecule has 0 saturated carbocycles. The first-order chi connectivity index (χ1) is 9.60. The van der Waals surface area contributed by atoms with Gasteiger partial charge < -0.3 is 9.47 Å². The third-order valence-corrected chi connectivity index (χ3v) is 2.75. The molecular formula is C14H13NO5. The summed E-state index contributed by atoms with van der Waals surface area (Å²) in [5.41, 5.74) is 0.837. The predicted molar refractivity (Wildman–Crippen MR) is 68.6 cm³/mol. The molecule has 2 rings (SSSR count). The molecule has 1 aliphatic rings. The number of carbonyl (C=O) groups is 3. The van der Waals surface area contributed by atoms with Gasteiger partial charge in [0.25, 0.3) is 11.8 Å². The van der Waals surface area contributed by atoms with E-state index < -0.39 is 17.8 Å². The molecule has 1 aromatic rings. The molecule has 0 fully saturated rings. The molecule has 20 heavy (non-hydrogen) atoms. The Labute approximate surface area is 115 Å². The molecule has 0 radical (unpaired) electrons. The minimum absolute atomic E-state index is 0.0473. The van der Waals surface area contributed by atoms with Gasteiger partial charge in [-0.3, -0.25) is 19.7 Å². The molecule has 0 saturated heterocycles. The van der Waals surface area contributed by atoms with Crippen LogP contribution in [0.1, 0.15) is 12.0 Å². The Kier molecular flexibility index (Phi) is 4.14. The zero-order valence-corrected chi connectivity index (χ0v) is 10.8. The van der Waals surface area contributed by atoms with Crippen LogP contribution in [0.5, 0.6) is 5.75 Å². The number of hydrogen-bond donors (Lipinski definition) is 1. The summed E-state index contributed by atoms with van der Waals surface area (Å²) in [5, 5.41) is 2.07. The molecule has 6 nitrogen and oxygen atoms in total. The SMILES string of the molecule is COc1ccccc1COC(=O)CC1=CC(=O)NC1=O. The summed E-state index contributed by atoms with van der Waals surface area (Å²) in [6.07, 6.45) is 0.874. The molecule has 0 bridgehead atoms. The maximum atomic E-state index is 11.6. The van der Waals surface area contributed by atoms with Crippen molar-refractivity contribution < 1.29 is 23.9 Å². The number of para-hydroxylation sites is 1. The Hall–Kier alpha value is -2.63. The summed E-state index contributed by atoms with van der Waals surface area (Å²) in [5.74, 6) is -1.02. The van der Waals surface area contributed by atoms with Crippen LogP contribution in [0.2, 0.25) is 0 Å². The number of hydrogen-bond acceptors (Lipinski definition) is 5. The van der Waals surface area contributed by atoms with Gasteiger partial charge >= 0.3 is 5.97 Å². The van der Waals surface area contributed by atoms with E-state index in [0.717, 1.165) is 11.6 Å². The molecule has 1 aromatic carbocycles. The largest absolute Gasteiger partial charge is 0.496 e. The number of imide groups is 1. The summed E-state index contributed by atoms with van der Waals surface area (Å²) in [4.78, 5) is 33.8. The third kappa shape index (κ3) is 3.23. The molecule has 1 aliphatic heterocycles. The van der Waals surface area contributed by atoms with E-state index in [1.807, 2.05) is 6.07 Å². The number of ether oxygens (including phenoxy) is 2. The van der Waals surface area contributed by atoms with E-state index in [1.54, 1.807) is 18.2 Å². The van der Waals surface area contributed by atoms with Gasteiger partial charge in [-0.2, -0.15) is 0 Å². The van der Waals surface area contributed by atoms with Crippen molar-refractivity contribution in [1.29, 1.82) is 0 Å². The van der Waals surface area contributed by atoms with Crippen LogP contribution in [-0.2, 0) is 25.7 Å². The van der Waals surface area contributed by atoms with Crippen molar-refractivity contribution in [3.63, 3.8) is 0 Å². The van der Waals surface area contributed by atoms with Gasteiger partial charge in [-0.15, -0.1) is 0 Å². The van der Waals surface area contributed by atoms with E-state index in [1.165, 1.54) is 7.11 Å². The quantitative estimate of drug-likeness (QED) is 0.632. The lowest BCUT2D eigenvalue weighted by Crippen LogP contribution is -2.23. The third-order valence-electron chi connectivity index (χ3n) is 2.75. The highest BCUT2D eigenvalue weighted by Gasteiger charge is 2.23. The van der Waals surface area contributed by atoms with Crippen molar-refractivity contribution >= 4 is 17.8 Å². The molecule has 0 spiro atoms. The summed E-state index contributed by atoms with van der Waals surface area (Å²) in [6.45, 7) is 0.0473. The summed E-state index contributed by atoms with van der Waals surface area (Å²) >= 11 is 0. The monoisotopic (exact) mass is 275 g/mol. The van der Waals surface area contributed by atoms with Crippen LogP contribution >= 0.6 is 0 Å². The average Bonchev–Trinajstić information content (AvgIpc) is 2.75. The fourth-order valence-electron chi connectivity index (χ4n) is 1.77. The molecule has 0 atom stereocenters. The number of methoxy groups -OCH3 is 1. The first kappa shape index (κ1) is 13.8. The number of rotatable bonds is 5. The number of nitrogens with one attached hydrogen (secondary N) is 1. The van der Waals surface area contributed by atoms with Gasteiger partial charge in [-0.25, -0.2) is 0 Å². The first-order valence-corrected chi connectivity index (χ1v) is 5.93. The predicted octanol–water partition coefficient (Wildman–Crippen LogP) is 0.711. The fraction of sp³-hybridized carbons (Fsp3) is 0.214. The van der Waals surface area contributed by atoms with Crippen LogP contribution in [0.3, 0.4) is 0 Å². The van der Waals surface area contributed by atoms with Gasteiger partial charge in [0.1, 0.15) is 12.4 Å². The average molecular weight is 275 g/mol. The fourth-order valence-corrected chi connectivity index (χ4v) is 1.77. The van der Waals surface area contributed by atoms with Crippen molar-refractivity contribution in [3.8, 4) is 5.75 Å². The van der Waals surface area contributed by atoms with E-state index in [4.69, 9.17) is 9.47 Å². The van der Waals surface area contributed by atoms with E-state index in [2.05, 4.69) is 5.32 Å². The zero-order chi connectivity index (χ0) is 14.5. The van der Waals surface area contributed by atoms with Gasteiger partial charge in [-0.05, 0) is 6.07 Å². The molecule has 0 aliphatic carbocycles. The highest BCUT2D eigenvalue weighted by atomic mass is 16.5. The van der Waals surface area contributed by atoms with Crippen LogP contribution in [0.25, 0.3) is 0 Å². The van der Waals surface area contributed by atoms with Crippen molar-refractivity contribution in [2.24, 2.45) is 0 Å². The molecule has 6 heteroatoms. The topological polar surface area (TPSA) is 81.7 Å². The van der Waals surface area contributed by atoms with Gasteiger partial charge in [0, 0.05) is 17.2 Å². The summed E-state index contributed by atoms with van der Waals surface area (Å²) in [6, 6.07) is 7.15. The molecular weight excluding hydrogens is 262 g/mol. The van der Waals surface area contributed by atoms with Crippen molar-refractivity contribution in [1.82, 2.24) is 5.32 Å². The maximum Gasteiger partial charge on any atom is 0.310 e. The molecule has 1 N–H and O–H groups in total. The standard InChI is InChI=1S/C14H13NO5/c1-19-11-5-3-2-4-9(11)8-20-13(17)7-10-6-12(16)15-14(10)18/h2-6H,7-8H2,1H3,(H,15,16,18). The van der Waals surface area contributed by atoms with E-state index >= 15 is 0 Å². The molecule has 2 amide bonds. The molecule has 1 heterocycles. The Balaban J connectivity index is 1.91. The van der Waals surface area contributed by atoms with E-state index in [0.29, 0.717) is 5.75 Å². The maximum absolute atomic E-state index is 11.6. The number of benzene rings is 1. The van der Waals surface area contributed by atoms with Crippen LogP contribution in [0.15, 0.2) is 35.9 Å². The molecule has 104 valence electrons. The van der Waals surface area contributed by atoms with Crippen molar-refractivity contribution in [3.05, 3.63) is 41.5 Å². The minimum atomic E-state index is -0.577. The molecule has 0 aromatic heterocycles. The highest BCUT2D eigenvalue weighted by Crippen LogP contribution is 2.18. The van der Waals surface area contributed by atoms with E-state index in [-0.39, 0.29) is 18.6 Å². The summed E-state index contributed by atoms with van der Waals surface area (Å²) in [7, 11) is 1.53. The highest BCUT2D eigenvalue weighted by molar-refractivity contribution is 6.17. The van der Waals surface area contributed by atoms with Crippen LogP contribution in [-0.4, -0.2) is 24.9 Å². The van der Waals surface area contributed by atoms with Crippen molar-refractivity contribution in [2.75, 3.05) is 7.11 Å². The Morgan fingerprint density at radius 1 is 1.25 bits per heavy atom. The van der Waals surface area contributed by atoms with Crippen molar-refractivity contribution in [2.45, 2.75) is 13.0 Å². The normalized spacial score (nSPS) is 13.8. The molecule has 0 unspecified atom stereocenters. The van der Waals surface area contributed by atoms with Crippen LogP contribution in [0, 0.1) is 0 Å². The summed E-state index contributed by atoms with van der Waals surface area (Å²) < 4.78 is 10.2. The minimum Gasteiger partial charge on any atom is -0.496 e. The zero-order valence-electron chi connectivity index (χ0n) is 10.8. The van der Waals surface area contributed by atoms with Gasteiger partial charge in [0.2, 0.25) is 0 Å². The number of carbonyl (C=O) groups excluding carboxylic acids is 3. The second kappa shape index (κ2) is 6.01. The Morgan fingerprint density at radius 2 is 2.00 bits per heavy atom. The number of amides is 2. The van der Waals surface area contributed by atoms with Crippen LogP contribution in [0.4, 0.5) is 0 Å².